The van der Waals surface area contributed by atoms with E-state index in [4.69, 9.17) is 33.4 Å². The summed E-state index contributed by atoms with van der Waals surface area (Å²) in [5, 5.41) is 1.37. The van der Waals surface area contributed by atoms with E-state index >= 15 is 0 Å². The minimum absolute atomic E-state index is 0.237. The molecule has 10 nitrogen and oxygen atoms in total. The smallest absolute Gasteiger partial charge is 0.337 e. The zero-order valence-corrected chi connectivity index (χ0v) is 27.5. The summed E-state index contributed by atoms with van der Waals surface area (Å²) < 4.78 is 29.7. The molecule has 6 atom stereocenters. The van der Waals surface area contributed by atoms with Crippen LogP contribution in [0.3, 0.4) is 0 Å². The van der Waals surface area contributed by atoms with E-state index in [2.05, 4.69) is 24.3 Å². The molecule has 0 aromatic heterocycles. The fourth-order valence-corrected chi connectivity index (χ4v) is 8.07. The topological polar surface area (TPSA) is 102 Å². The molecule has 6 rings (SSSR count). The van der Waals surface area contributed by atoms with Gasteiger partial charge in [-0.1, -0.05) is 78.9 Å². The first kappa shape index (κ1) is 33.0. The first-order chi connectivity index (χ1) is 22.8. The fourth-order valence-electron chi connectivity index (χ4n) is 8.07. The lowest BCUT2D eigenvalue weighted by Crippen LogP contribution is -2.66. The quantitative estimate of drug-likeness (QED) is 0.257. The number of hydrogen-bond donors (Lipinski definition) is 0. The van der Waals surface area contributed by atoms with E-state index in [-0.39, 0.29) is 12.5 Å². The van der Waals surface area contributed by atoms with E-state index in [0.29, 0.717) is 17.9 Å². The second-order valence-electron chi connectivity index (χ2n) is 12.3. The summed E-state index contributed by atoms with van der Waals surface area (Å²) >= 11 is 0. The van der Waals surface area contributed by atoms with Gasteiger partial charge in [-0.05, 0) is 54.5 Å². The van der Waals surface area contributed by atoms with E-state index in [1.807, 2.05) is 61.5 Å². The Bertz CT molecular complexity index is 1510. The summed E-state index contributed by atoms with van der Waals surface area (Å²) in [4.78, 5) is 38.4. The Hall–Kier alpha value is -3.96. The maximum atomic E-state index is 12.9. The Morgan fingerprint density at radius 1 is 0.872 bits per heavy atom. The molecule has 1 saturated carbocycles. The van der Waals surface area contributed by atoms with Crippen molar-refractivity contribution < 1.29 is 42.9 Å². The summed E-state index contributed by atoms with van der Waals surface area (Å²) in [6.45, 7) is 3.40. The van der Waals surface area contributed by atoms with Gasteiger partial charge in [-0.15, -0.1) is 0 Å². The van der Waals surface area contributed by atoms with Gasteiger partial charge in [0.2, 0.25) is 6.29 Å². The maximum Gasteiger partial charge on any atom is 0.337 e. The van der Waals surface area contributed by atoms with E-state index in [1.165, 1.54) is 19.3 Å². The summed E-state index contributed by atoms with van der Waals surface area (Å²) in [7, 11) is 4.48. The van der Waals surface area contributed by atoms with Crippen molar-refractivity contribution in [2.24, 2.45) is 0 Å². The lowest BCUT2D eigenvalue weighted by Gasteiger charge is -2.53. The van der Waals surface area contributed by atoms with Crippen molar-refractivity contribution in [2.75, 3.05) is 21.3 Å². The largest absolute Gasteiger partial charge is 0.493 e. The number of benzene rings is 3. The Morgan fingerprint density at radius 3 is 2.11 bits per heavy atom. The second kappa shape index (κ2) is 13.6. The average Bonchev–Trinajstić information content (AvgIpc) is 3.74. The molecule has 3 fully saturated rings. The molecule has 0 unspecified atom stereocenters. The van der Waals surface area contributed by atoms with Crippen LogP contribution in [0.25, 0.3) is 0 Å². The molecule has 250 valence electrons. The summed E-state index contributed by atoms with van der Waals surface area (Å²) in [5.41, 5.74) is 1.63. The van der Waals surface area contributed by atoms with Crippen LogP contribution in [0.15, 0.2) is 78.9 Å². The highest BCUT2D eigenvalue weighted by Gasteiger charge is 2.64. The predicted molar refractivity (Wildman–Crippen MR) is 171 cm³/mol. The number of rotatable bonds is 10. The van der Waals surface area contributed by atoms with Gasteiger partial charge in [0.1, 0.15) is 0 Å². The van der Waals surface area contributed by atoms with E-state index < -0.39 is 47.3 Å². The van der Waals surface area contributed by atoms with Crippen LogP contribution >= 0.6 is 0 Å². The highest BCUT2D eigenvalue weighted by molar-refractivity contribution is 5.75. The Balaban J connectivity index is 1.49. The Kier molecular flexibility index (Phi) is 9.57. The molecule has 3 aromatic carbocycles. The molecular formula is C37H43NO9. The van der Waals surface area contributed by atoms with Crippen LogP contribution in [-0.4, -0.2) is 69.1 Å². The molecule has 3 aliphatic rings. The standard InChI is InChI=1S/C37H43NO9/c1-6-36(27-19-20-28(41-3)29(22-27)42-4)31-23-30(34(40)43-5)46-38(31)47-35(33(36)44-24(2)39)45-32-18-13-21-37(32,25-14-9-7-10-15-25)26-16-11-8-12-17-26/h7-12,14-17,19-20,22,30-33,35H,6,13,18,21,23H2,1-5H3/t30-,31+,32-,33+,35+,36+/m1/s1. The molecule has 10 heteroatoms. The van der Waals surface area contributed by atoms with E-state index in [1.54, 1.807) is 14.2 Å². The number of methoxy groups -OCH3 is 3. The SMILES string of the molecule is CC[C@]1(c2ccc(OC)c(OC)c2)[C@@H]2C[C@H](C(=O)OC)ON2O[C@H](O[C@@H]2CCCC2(c2ccccc2)c2ccccc2)[C@@H]1OC(C)=O. The second-order valence-corrected chi connectivity index (χ2v) is 12.3. The summed E-state index contributed by atoms with van der Waals surface area (Å²) in [5.74, 6) is 0.0668. The molecule has 2 saturated heterocycles. The molecule has 1 aliphatic carbocycles. The minimum atomic E-state index is -1.09. The van der Waals surface area contributed by atoms with Crippen molar-refractivity contribution in [1.29, 1.82) is 0 Å². The van der Waals surface area contributed by atoms with Crippen molar-refractivity contribution >= 4 is 11.9 Å². The van der Waals surface area contributed by atoms with Gasteiger partial charge in [-0.25, -0.2) is 9.63 Å². The number of fused-ring (bicyclic) bond motifs is 1. The molecular weight excluding hydrogens is 602 g/mol. The van der Waals surface area contributed by atoms with Crippen molar-refractivity contribution in [3.63, 3.8) is 0 Å². The number of hydrogen-bond acceptors (Lipinski definition) is 10. The molecule has 47 heavy (non-hydrogen) atoms. The minimum Gasteiger partial charge on any atom is -0.493 e. The highest BCUT2D eigenvalue weighted by Crippen LogP contribution is 2.53. The molecule has 0 spiro atoms. The number of ether oxygens (including phenoxy) is 5. The van der Waals surface area contributed by atoms with Crippen molar-refractivity contribution in [1.82, 2.24) is 5.23 Å². The van der Waals surface area contributed by atoms with Gasteiger partial charge in [0.15, 0.2) is 23.7 Å². The number of esters is 2. The number of carbonyl (C=O) groups is 2. The van der Waals surface area contributed by atoms with Crippen LogP contribution in [0.5, 0.6) is 11.5 Å². The highest BCUT2D eigenvalue weighted by atomic mass is 17.0. The number of carbonyl (C=O) groups excluding carboxylic acids is 2. The van der Waals surface area contributed by atoms with Crippen LogP contribution in [0.4, 0.5) is 0 Å². The fraction of sp³-hybridized carbons (Fsp3) is 0.459. The normalized spacial score (nSPS) is 28.3. The number of hydroxylamine groups is 2. The van der Waals surface area contributed by atoms with Gasteiger partial charge in [-0.3, -0.25) is 9.63 Å². The third-order valence-electron chi connectivity index (χ3n) is 10.2. The first-order valence-electron chi connectivity index (χ1n) is 16.2. The maximum absolute atomic E-state index is 12.9. The van der Waals surface area contributed by atoms with Crippen molar-refractivity contribution in [3.05, 3.63) is 95.6 Å². The van der Waals surface area contributed by atoms with Crippen LogP contribution < -0.4 is 9.47 Å². The summed E-state index contributed by atoms with van der Waals surface area (Å²) in [6, 6.07) is 25.9. The van der Waals surface area contributed by atoms with Crippen LogP contribution in [0.1, 0.15) is 62.6 Å². The lowest BCUT2D eigenvalue weighted by atomic mass is 9.65. The van der Waals surface area contributed by atoms with Gasteiger partial charge in [0.25, 0.3) is 0 Å². The molecule has 0 amide bonds. The van der Waals surface area contributed by atoms with Gasteiger partial charge in [0, 0.05) is 18.8 Å². The van der Waals surface area contributed by atoms with Crippen LogP contribution in [0.2, 0.25) is 0 Å². The molecule has 0 N–H and O–H groups in total. The van der Waals surface area contributed by atoms with E-state index in [0.717, 1.165) is 36.0 Å². The molecule has 0 bridgehead atoms. The molecule has 2 aliphatic heterocycles. The third kappa shape index (κ3) is 5.67. The number of nitrogens with zero attached hydrogens (tertiary/aromatic N) is 1. The molecule has 2 heterocycles. The van der Waals surface area contributed by atoms with Crippen LogP contribution in [0, 0.1) is 0 Å². The van der Waals surface area contributed by atoms with Crippen LogP contribution in [-0.2, 0) is 44.3 Å². The zero-order valence-electron chi connectivity index (χ0n) is 27.5. The lowest BCUT2D eigenvalue weighted by molar-refractivity contribution is -0.465. The third-order valence-corrected chi connectivity index (χ3v) is 10.2. The Labute approximate surface area is 275 Å². The van der Waals surface area contributed by atoms with Crippen molar-refractivity contribution in [2.45, 2.75) is 87.4 Å². The van der Waals surface area contributed by atoms with Gasteiger partial charge < -0.3 is 23.7 Å². The monoisotopic (exact) mass is 645 g/mol. The van der Waals surface area contributed by atoms with Crippen molar-refractivity contribution in [3.8, 4) is 11.5 Å². The van der Waals surface area contributed by atoms with Gasteiger partial charge in [-0.2, -0.15) is 0 Å². The zero-order chi connectivity index (χ0) is 33.2. The Morgan fingerprint density at radius 2 is 1.53 bits per heavy atom. The first-order valence-corrected chi connectivity index (χ1v) is 16.2. The van der Waals surface area contributed by atoms with E-state index in [9.17, 15) is 9.59 Å². The summed E-state index contributed by atoms with van der Waals surface area (Å²) in [6.07, 6.45) is -0.0296. The molecule has 3 aromatic rings. The molecule has 0 radical (unpaired) electrons. The van der Waals surface area contributed by atoms with Gasteiger partial charge >= 0.3 is 11.9 Å². The van der Waals surface area contributed by atoms with Gasteiger partial charge in [0.05, 0.1) is 38.9 Å². The predicted octanol–water partition coefficient (Wildman–Crippen LogP) is 5.66. The average molecular weight is 646 g/mol.